The second-order valence-corrected chi connectivity index (χ2v) is 6.19. The highest BCUT2D eigenvalue weighted by Gasteiger charge is 2.43. The van der Waals surface area contributed by atoms with E-state index in [-0.39, 0.29) is 29.0 Å². The Bertz CT molecular complexity index is 612. The summed E-state index contributed by atoms with van der Waals surface area (Å²) in [6, 6.07) is 6.68. The number of rotatable bonds is 4. The fourth-order valence-corrected chi connectivity index (χ4v) is 3.28. The SMILES string of the molecule is CCOc1ccc(NC(=O)N2CC(N3C(=O)CSC3=O)C2)cc1. The fraction of sp³-hybridized carbons (Fsp3) is 0.400. The highest BCUT2D eigenvalue weighted by atomic mass is 32.2. The van der Waals surface area contributed by atoms with Crippen LogP contribution in [0.2, 0.25) is 0 Å². The van der Waals surface area contributed by atoms with E-state index in [1.807, 2.05) is 6.92 Å². The standard InChI is InChI=1S/C15H17N3O4S/c1-2-22-12-5-3-10(4-6-12)16-14(20)17-7-11(8-17)18-13(19)9-23-15(18)21/h3-6,11H,2,7-9H2,1H3,(H,16,20). The van der Waals surface area contributed by atoms with Crippen LogP contribution in [0.1, 0.15) is 6.92 Å². The molecule has 2 fully saturated rings. The van der Waals surface area contributed by atoms with Gasteiger partial charge in [0.2, 0.25) is 5.91 Å². The van der Waals surface area contributed by atoms with Gasteiger partial charge in [0.1, 0.15) is 5.75 Å². The lowest BCUT2D eigenvalue weighted by Gasteiger charge is -2.42. The molecule has 2 heterocycles. The van der Waals surface area contributed by atoms with E-state index >= 15 is 0 Å². The Morgan fingerprint density at radius 1 is 1.30 bits per heavy atom. The predicted molar refractivity (Wildman–Crippen MR) is 86.7 cm³/mol. The average Bonchev–Trinajstić information content (AvgIpc) is 2.80. The van der Waals surface area contributed by atoms with Gasteiger partial charge in [0.15, 0.2) is 0 Å². The Balaban J connectivity index is 1.51. The second-order valence-electron chi connectivity index (χ2n) is 5.26. The first-order valence-electron chi connectivity index (χ1n) is 7.36. The first-order chi connectivity index (χ1) is 11.1. The number of thioether (sulfide) groups is 1. The molecule has 7 nitrogen and oxygen atoms in total. The normalized spacial score (nSPS) is 18.1. The summed E-state index contributed by atoms with van der Waals surface area (Å²) in [4.78, 5) is 38.2. The Kier molecular flexibility index (Phi) is 4.42. The first-order valence-corrected chi connectivity index (χ1v) is 8.34. The van der Waals surface area contributed by atoms with Crippen LogP contribution >= 0.6 is 11.8 Å². The summed E-state index contributed by atoms with van der Waals surface area (Å²) < 4.78 is 5.34. The smallest absolute Gasteiger partial charge is 0.321 e. The number of hydrogen-bond donors (Lipinski definition) is 1. The molecule has 2 aliphatic rings. The molecule has 0 radical (unpaired) electrons. The number of urea groups is 1. The molecule has 8 heteroatoms. The van der Waals surface area contributed by atoms with Crippen LogP contribution in [-0.4, -0.2) is 58.5 Å². The van der Waals surface area contributed by atoms with E-state index in [0.29, 0.717) is 25.4 Å². The van der Waals surface area contributed by atoms with Crippen molar-refractivity contribution in [1.82, 2.24) is 9.80 Å². The van der Waals surface area contributed by atoms with Crippen molar-refractivity contribution in [3.05, 3.63) is 24.3 Å². The van der Waals surface area contributed by atoms with Crippen LogP contribution in [0, 0.1) is 0 Å². The molecule has 2 aliphatic heterocycles. The van der Waals surface area contributed by atoms with Crippen molar-refractivity contribution in [2.75, 3.05) is 30.8 Å². The van der Waals surface area contributed by atoms with E-state index in [2.05, 4.69) is 5.32 Å². The molecule has 0 unspecified atom stereocenters. The minimum Gasteiger partial charge on any atom is -0.494 e. The van der Waals surface area contributed by atoms with Gasteiger partial charge in [-0.05, 0) is 31.2 Å². The van der Waals surface area contributed by atoms with Crippen LogP contribution < -0.4 is 10.1 Å². The third-order valence-corrected chi connectivity index (χ3v) is 4.55. The van der Waals surface area contributed by atoms with Crippen LogP contribution in [-0.2, 0) is 4.79 Å². The molecule has 23 heavy (non-hydrogen) atoms. The highest BCUT2D eigenvalue weighted by molar-refractivity contribution is 8.14. The summed E-state index contributed by atoms with van der Waals surface area (Å²) in [5.41, 5.74) is 0.672. The van der Waals surface area contributed by atoms with Crippen molar-refractivity contribution in [3.63, 3.8) is 0 Å². The lowest BCUT2D eigenvalue weighted by molar-refractivity contribution is -0.128. The van der Waals surface area contributed by atoms with Crippen molar-refractivity contribution in [2.24, 2.45) is 0 Å². The maximum absolute atomic E-state index is 12.1. The van der Waals surface area contributed by atoms with Crippen LogP contribution in [0.15, 0.2) is 24.3 Å². The lowest BCUT2D eigenvalue weighted by atomic mass is 10.1. The van der Waals surface area contributed by atoms with Gasteiger partial charge in [0.05, 0.1) is 18.4 Å². The number of nitrogens with one attached hydrogen (secondary N) is 1. The van der Waals surface area contributed by atoms with Crippen LogP contribution in [0.25, 0.3) is 0 Å². The predicted octanol–water partition coefficient (Wildman–Crippen LogP) is 2.00. The number of anilines is 1. The zero-order valence-corrected chi connectivity index (χ0v) is 13.5. The number of carbonyl (C=O) groups is 3. The quantitative estimate of drug-likeness (QED) is 0.910. The summed E-state index contributed by atoms with van der Waals surface area (Å²) in [5, 5.41) is 2.57. The maximum atomic E-state index is 12.1. The number of ether oxygens (including phenoxy) is 1. The highest BCUT2D eigenvalue weighted by Crippen LogP contribution is 2.26. The first kappa shape index (κ1) is 15.7. The van der Waals surface area contributed by atoms with E-state index in [0.717, 1.165) is 17.5 Å². The average molecular weight is 335 g/mol. The van der Waals surface area contributed by atoms with Gasteiger partial charge in [-0.3, -0.25) is 14.5 Å². The summed E-state index contributed by atoms with van der Waals surface area (Å²) >= 11 is 1.02. The van der Waals surface area contributed by atoms with E-state index < -0.39 is 0 Å². The molecule has 1 N–H and O–H groups in total. The molecule has 4 amide bonds. The molecule has 0 aliphatic carbocycles. The molecule has 0 spiro atoms. The molecule has 0 saturated carbocycles. The van der Waals surface area contributed by atoms with Gasteiger partial charge in [0.25, 0.3) is 5.24 Å². The molecule has 3 rings (SSSR count). The number of imide groups is 1. The Morgan fingerprint density at radius 3 is 2.57 bits per heavy atom. The molecule has 122 valence electrons. The number of likely N-dealkylation sites (tertiary alicyclic amines) is 1. The molecule has 1 aromatic carbocycles. The Morgan fingerprint density at radius 2 is 2.00 bits per heavy atom. The number of nitrogens with zero attached hydrogens (tertiary/aromatic N) is 2. The largest absolute Gasteiger partial charge is 0.494 e. The van der Waals surface area contributed by atoms with E-state index in [1.165, 1.54) is 4.90 Å². The minimum atomic E-state index is -0.239. The van der Waals surface area contributed by atoms with Crippen LogP contribution in [0.4, 0.5) is 15.3 Å². The van der Waals surface area contributed by atoms with Crippen LogP contribution in [0.5, 0.6) is 5.75 Å². The van der Waals surface area contributed by atoms with Gasteiger partial charge in [-0.1, -0.05) is 11.8 Å². The van der Waals surface area contributed by atoms with Gasteiger partial charge in [-0.15, -0.1) is 0 Å². The number of hydrogen-bond acceptors (Lipinski definition) is 5. The van der Waals surface area contributed by atoms with Gasteiger partial charge >= 0.3 is 6.03 Å². The molecule has 0 atom stereocenters. The van der Waals surface area contributed by atoms with Crippen molar-refractivity contribution in [2.45, 2.75) is 13.0 Å². The van der Waals surface area contributed by atoms with E-state index in [1.54, 1.807) is 29.2 Å². The van der Waals surface area contributed by atoms with Gasteiger partial charge in [-0.2, -0.15) is 0 Å². The Labute approximate surface area is 137 Å². The zero-order valence-electron chi connectivity index (χ0n) is 12.7. The summed E-state index contributed by atoms with van der Waals surface area (Å²) in [6.45, 7) is 3.25. The summed E-state index contributed by atoms with van der Waals surface area (Å²) in [6.07, 6.45) is 0. The maximum Gasteiger partial charge on any atom is 0.321 e. The molecular formula is C15H17N3O4S. The van der Waals surface area contributed by atoms with Gasteiger partial charge in [0, 0.05) is 18.8 Å². The molecule has 1 aromatic rings. The van der Waals surface area contributed by atoms with E-state index in [9.17, 15) is 14.4 Å². The number of carbonyl (C=O) groups excluding carboxylic acids is 3. The van der Waals surface area contributed by atoms with Gasteiger partial charge in [-0.25, -0.2) is 4.79 Å². The van der Waals surface area contributed by atoms with Crippen molar-refractivity contribution >= 4 is 34.6 Å². The third kappa shape index (κ3) is 3.26. The molecule has 0 bridgehead atoms. The van der Waals surface area contributed by atoms with Crippen LogP contribution in [0.3, 0.4) is 0 Å². The lowest BCUT2D eigenvalue weighted by Crippen LogP contribution is -2.62. The number of benzene rings is 1. The van der Waals surface area contributed by atoms with Crippen molar-refractivity contribution in [1.29, 1.82) is 0 Å². The fourth-order valence-electron chi connectivity index (χ4n) is 2.51. The monoisotopic (exact) mass is 335 g/mol. The molecular weight excluding hydrogens is 318 g/mol. The topological polar surface area (TPSA) is 79.0 Å². The third-order valence-electron chi connectivity index (χ3n) is 3.72. The van der Waals surface area contributed by atoms with Gasteiger partial charge < -0.3 is 15.0 Å². The van der Waals surface area contributed by atoms with E-state index in [4.69, 9.17) is 4.74 Å². The molecule has 0 aromatic heterocycles. The Hall–Kier alpha value is -2.22. The zero-order chi connectivity index (χ0) is 16.4. The molecule has 2 saturated heterocycles. The minimum absolute atomic E-state index is 0.170. The summed E-state index contributed by atoms with van der Waals surface area (Å²) in [5.74, 6) is 0.780. The van der Waals surface area contributed by atoms with Crippen molar-refractivity contribution < 1.29 is 19.1 Å². The second kappa shape index (κ2) is 6.49. The summed E-state index contributed by atoms with van der Waals surface area (Å²) in [7, 11) is 0. The number of amides is 4. The van der Waals surface area contributed by atoms with Crippen molar-refractivity contribution in [3.8, 4) is 5.75 Å².